The quantitative estimate of drug-likeness (QED) is 0.121. The summed E-state index contributed by atoms with van der Waals surface area (Å²) in [6, 6.07) is 75.6. The smallest absolute Gasteiger partial charge is 0.123 e. The number of nitrogens with one attached hydrogen (secondary N) is 1. The number of thiophene rings is 1. The van der Waals surface area contributed by atoms with Crippen LogP contribution in [0.5, 0.6) is 0 Å². The Morgan fingerprint density at radius 3 is 1.97 bits per heavy atom. The fourth-order valence-electron chi connectivity index (χ4n) is 11.4. The lowest BCUT2D eigenvalue weighted by atomic mass is 9.63. The van der Waals surface area contributed by atoms with Crippen LogP contribution in [0.1, 0.15) is 57.3 Å². The molecular weight excluding hydrogens is 857 g/mol. The van der Waals surface area contributed by atoms with Gasteiger partial charge in [0, 0.05) is 43.1 Å². The average Bonchev–Trinajstić information content (AvgIpc) is 4.06. The van der Waals surface area contributed by atoms with E-state index in [0.29, 0.717) is 6.54 Å². The highest BCUT2D eigenvalue weighted by atomic mass is 32.1. The maximum Gasteiger partial charge on any atom is 0.123 e. The number of para-hydroxylation sites is 3. The number of aryl methyl sites for hydroxylation is 1. The Bertz CT molecular complexity index is 3850. The van der Waals surface area contributed by atoms with Gasteiger partial charge < -0.3 is 16.0 Å². The molecule has 3 aliphatic rings. The van der Waals surface area contributed by atoms with E-state index in [1.807, 2.05) is 53.8 Å². The third-order valence-electron chi connectivity index (χ3n) is 14.4. The van der Waals surface area contributed by atoms with Gasteiger partial charge in [0.25, 0.3) is 0 Å². The van der Waals surface area contributed by atoms with E-state index in [0.717, 1.165) is 24.0 Å². The van der Waals surface area contributed by atoms with E-state index in [4.69, 9.17) is 16.9 Å². The highest BCUT2D eigenvalue weighted by Gasteiger charge is 2.52. The summed E-state index contributed by atoms with van der Waals surface area (Å²) in [5.41, 5.74) is 31.2. The molecule has 9 aromatic carbocycles. The first-order valence-corrected chi connectivity index (χ1v) is 24.6. The first-order valence-electron chi connectivity index (χ1n) is 23.8. The minimum Gasteiger partial charge on any atom is -0.384 e. The molecule has 0 bridgehead atoms. The molecule has 3 heterocycles. The second-order valence-electron chi connectivity index (χ2n) is 18.2. The predicted molar refractivity (Wildman–Crippen MR) is 293 cm³/mol. The highest BCUT2D eigenvalue weighted by molar-refractivity contribution is 7.26. The molecule has 2 aromatic heterocycles. The molecule has 1 unspecified atom stereocenters. The zero-order valence-electron chi connectivity index (χ0n) is 38.4. The SMILES string of the molecule is Cc1ccccc1.N=C(N)c1cccc2c1C1=C(CCC(c3cccc4c3sc3ccccc34)=C1)C21c2ccccc2-n2c3ccccc3c3cccc1c32.NCc1ccc(-c2ccccc2)cc1. The Morgan fingerprint density at radius 2 is 1.20 bits per heavy atom. The number of fused-ring (bicyclic) bond motifs is 14. The fourth-order valence-corrected chi connectivity index (χ4v) is 12.7. The summed E-state index contributed by atoms with van der Waals surface area (Å²) in [4.78, 5) is 0. The molecule has 1 atom stereocenters. The number of benzene rings is 9. The van der Waals surface area contributed by atoms with E-state index in [9.17, 15) is 0 Å². The van der Waals surface area contributed by atoms with Gasteiger partial charge in [0.05, 0.1) is 22.1 Å². The molecule has 0 amide bonds. The van der Waals surface area contributed by atoms with Crippen molar-refractivity contribution < 1.29 is 0 Å². The largest absolute Gasteiger partial charge is 0.384 e. The predicted octanol–water partition coefficient (Wildman–Crippen LogP) is 15.5. The molecule has 0 saturated heterocycles. The molecule has 69 heavy (non-hydrogen) atoms. The van der Waals surface area contributed by atoms with Gasteiger partial charge >= 0.3 is 0 Å². The van der Waals surface area contributed by atoms with E-state index in [2.05, 4.69) is 187 Å². The number of nitrogens with two attached hydrogens (primary N) is 2. The van der Waals surface area contributed by atoms with Crippen LogP contribution in [0.15, 0.2) is 224 Å². The van der Waals surface area contributed by atoms with E-state index >= 15 is 0 Å². The first kappa shape index (κ1) is 42.3. The van der Waals surface area contributed by atoms with Crippen LogP contribution in [0.2, 0.25) is 0 Å². The lowest BCUT2D eigenvalue weighted by Crippen LogP contribution is -2.35. The molecular formula is C64H50N4S. The number of hydrogen-bond acceptors (Lipinski definition) is 3. The van der Waals surface area contributed by atoms with Crippen molar-refractivity contribution in [3.05, 3.63) is 268 Å². The molecule has 0 saturated carbocycles. The van der Waals surface area contributed by atoms with E-state index in [1.54, 1.807) is 0 Å². The number of hydrogen-bond donors (Lipinski definition) is 3. The molecule has 4 nitrogen and oxygen atoms in total. The van der Waals surface area contributed by atoms with Gasteiger partial charge in [0.15, 0.2) is 0 Å². The summed E-state index contributed by atoms with van der Waals surface area (Å²) in [5.74, 6) is 0.110. The second kappa shape index (κ2) is 17.2. The lowest BCUT2D eigenvalue weighted by Gasteiger charge is -2.41. The number of aromatic nitrogens is 1. The van der Waals surface area contributed by atoms with Gasteiger partial charge in [0.2, 0.25) is 0 Å². The van der Waals surface area contributed by atoms with E-state index in [1.165, 1.54) is 109 Å². The molecule has 332 valence electrons. The van der Waals surface area contributed by atoms with Crippen molar-refractivity contribution in [1.29, 1.82) is 5.41 Å². The number of rotatable bonds is 4. The summed E-state index contributed by atoms with van der Waals surface area (Å²) in [6.45, 7) is 2.69. The number of amidine groups is 1. The monoisotopic (exact) mass is 906 g/mol. The van der Waals surface area contributed by atoms with Crippen LogP contribution < -0.4 is 11.5 Å². The van der Waals surface area contributed by atoms with Crippen molar-refractivity contribution in [2.45, 2.75) is 31.7 Å². The molecule has 5 heteroatoms. The minimum atomic E-state index is -0.498. The number of allylic oxidation sites excluding steroid dienone is 4. The Kier molecular flexibility index (Phi) is 10.5. The van der Waals surface area contributed by atoms with Gasteiger partial charge in [-0.05, 0) is 99.2 Å². The number of nitrogen functional groups attached to an aromatic ring is 1. The Balaban J connectivity index is 0.000000194. The molecule has 0 fully saturated rings. The van der Waals surface area contributed by atoms with E-state index < -0.39 is 5.41 Å². The van der Waals surface area contributed by atoms with Crippen molar-refractivity contribution in [3.63, 3.8) is 0 Å². The maximum absolute atomic E-state index is 8.78. The van der Waals surface area contributed by atoms with Gasteiger partial charge in [0.1, 0.15) is 5.84 Å². The molecule has 0 radical (unpaired) electrons. The van der Waals surface area contributed by atoms with Crippen LogP contribution in [-0.4, -0.2) is 10.4 Å². The normalized spacial score (nSPS) is 15.2. The van der Waals surface area contributed by atoms with Crippen LogP contribution >= 0.6 is 11.3 Å². The summed E-state index contributed by atoms with van der Waals surface area (Å²) in [7, 11) is 0. The van der Waals surface area contributed by atoms with Gasteiger partial charge in [-0.3, -0.25) is 5.41 Å². The van der Waals surface area contributed by atoms with Gasteiger partial charge in [-0.15, -0.1) is 11.3 Å². The second-order valence-corrected chi connectivity index (χ2v) is 19.3. The van der Waals surface area contributed by atoms with Crippen LogP contribution in [-0.2, 0) is 12.0 Å². The van der Waals surface area contributed by atoms with Crippen molar-refractivity contribution in [2.24, 2.45) is 11.5 Å². The van der Waals surface area contributed by atoms with Crippen LogP contribution in [0, 0.1) is 12.3 Å². The summed E-state index contributed by atoms with van der Waals surface area (Å²) in [5, 5.41) is 14.0. The average molecular weight is 907 g/mol. The Labute approximate surface area is 406 Å². The summed E-state index contributed by atoms with van der Waals surface area (Å²) >= 11 is 1.89. The first-order chi connectivity index (χ1) is 33.9. The molecule has 14 rings (SSSR count). The highest BCUT2D eigenvalue weighted by Crippen LogP contribution is 2.63. The van der Waals surface area contributed by atoms with Gasteiger partial charge in [-0.2, -0.15) is 0 Å². The zero-order valence-corrected chi connectivity index (χ0v) is 39.2. The topological polar surface area (TPSA) is 80.8 Å². The van der Waals surface area contributed by atoms with Crippen molar-refractivity contribution >= 4 is 70.3 Å². The van der Waals surface area contributed by atoms with Crippen molar-refractivity contribution in [1.82, 2.24) is 4.57 Å². The lowest BCUT2D eigenvalue weighted by molar-refractivity contribution is 0.687. The molecule has 11 aromatic rings. The standard InChI is InChI=1S/C44H29N3S.C13H13N.C7H8/c45-43(46)31-15-9-17-35-40(31)32-24-25(26-12-7-14-30-28-11-2-6-21-39(28)48-42(26)30)22-23-33(32)44(35)34-16-3-5-20-38(34)47-37-19-4-1-10-27(37)29-13-8-18-36(44)41(29)47;14-10-11-6-8-13(9-7-11)12-4-2-1-3-5-12;1-7-5-3-2-4-6-7/h1-21,24H,22-23H2,(H3,45,46);1-9H,10,14H2;2-6H,1H3. The molecule has 1 spiro atoms. The summed E-state index contributed by atoms with van der Waals surface area (Å²) in [6.07, 6.45) is 4.31. The Morgan fingerprint density at radius 1 is 0.580 bits per heavy atom. The summed E-state index contributed by atoms with van der Waals surface area (Å²) < 4.78 is 5.15. The van der Waals surface area contributed by atoms with Crippen molar-refractivity contribution in [2.75, 3.05) is 0 Å². The molecule has 2 aliphatic carbocycles. The van der Waals surface area contributed by atoms with Crippen LogP contribution in [0.4, 0.5) is 0 Å². The third kappa shape index (κ3) is 6.80. The van der Waals surface area contributed by atoms with E-state index in [-0.39, 0.29) is 5.84 Å². The van der Waals surface area contributed by atoms with Gasteiger partial charge in [-0.25, -0.2) is 0 Å². The minimum absolute atomic E-state index is 0.110. The van der Waals surface area contributed by atoms with Crippen LogP contribution in [0.3, 0.4) is 0 Å². The third-order valence-corrected chi connectivity index (χ3v) is 15.6. The van der Waals surface area contributed by atoms with Gasteiger partial charge in [-0.1, -0.05) is 206 Å². The van der Waals surface area contributed by atoms with Crippen molar-refractivity contribution in [3.8, 4) is 16.8 Å². The molecule has 5 N–H and O–H groups in total. The van der Waals surface area contributed by atoms with Crippen LogP contribution in [0.25, 0.3) is 69.9 Å². The molecule has 1 aliphatic heterocycles. The number of nitrogens with zero attached hydrogens (tertiary/aromatic N) is 1. The Hall–Kier alpha value is -8.09. The fraction of sp³-hybridized carbons (Fsp3) is 0.0781. The maximum atomic E-state index is 8.78. The zero-order chi connectivity index (χ0) is 46.6.